The highest BCUT2D eigenvalue weighted by molar-refractivity contribution is 4.98. The summed E-state index contributed by atoms with van der Waals surface area (Å²) in [5.74, 6) is 0. The molecular weight excluding hydrogens is 144 g/mol. The molecule has 1 aliphatic rings. The zero-order valence-corrected chi connectivity index (χ0v) is 9.61. The molecule has 0 saturated carbocycles. The molecule has 0 amide bonds. The van der Waals surface area contributed by atoms with Crippen molar-refractivity contribution in [3.05, 3.63) is 11.6 Å². The van der Waals surface area contributed by atoms with E-state index in [2.05, 4.69) is 13.0 Å². The fourth-order valence-electron chi connectivity index (χ4n) is 1.18. The van der Waals surface area contributed by atoms with Crippen molar-refractivity contribution in [2.75, 3.05) is 0 Å². The summed E-state index contributed by atoms with van der Waals surface area (Å²) in [6.45, 7) is 10.2. The summed E-state index contributed by atoms with van der Waals surface area (Å²) in [7, 11) is 0. The largest absolute Gasteiger partial charge is 0.0856 e. The molecule has 0 nitrogen and oxygen atoms in total. The van der Waals surface area contributed by atoms with Crippen LogP contribution >= 0.6 is 0 Å². The van der Waals surface area contributed by atoms with Gasteiger partial charge in [-0.2, -0.15) is 0 Å². The SMILES string of the molecule is CC.CC.CC1=CCCCCC1. The fraction of sp³-hybridized carbons (Fsp3) is 0.833. The Hall–Kier alpha value is -0.260. The van der Waals surface area contributed by atoms with E-state index in [-0.39, 0.29) is 0 Å². The van der Waals surface area contributed by atoms with E-state index in [4.69, 9.17) is 0 Å². The van der Waals surface area contributed by atoms with Crippen LogP contribution in [0.1, 0.15) is 66.7 Å². The molecule has 0 aromatic carbocycles. The lowest BCUT2D eigenvalue weighted by Crippen LogP contribution is -1.71. The quantitative estimate of drug-likeness (QED) is 0.451. The lowest BCUT2D eigenvalue weighted by atomic mass is 10.2. The van der Waals surface area contributed by atoms with Crippen molar-refractivity contribution in [2.24, 2.45) is 0 Å². The van der Waals surface area contributed by atoms with Gasteiger partial charge in [-0.1, -0.05) is 45.8 Å². The molecule has 0 aliphatic heterocycles. The second-order valence-corrected chi connectivity index (χ2v) is 2.65. The van der Waals surface area contributed by atoms with Gasteiger partial charge in [-0.05, 0) is 32.6 Å². The van der Waals surface area contributed by atoms with Crippen molar-refractivity contribution in [1.82, 2.24) is 0 Å². The summed E-state index contributed by atoms with van der Waals surface area (Å²) in [5, 5.41) is 0. The van der Waals surface area contributed by atoms with Crippen LogP contribution in [0.2, 0.25) is 0 Å². The zero-order chi connectivity index (χ0) is 9.82. The lowest BCUT2D eigenvalue weighted by molar-refractivity contribution is 0.711. The summed E-state index contributed by atoms with van der Waals surface area (Å²) in [6.07, 6.45) is 9.33. The molecule has 0 bridgehead atoms. The Morgan fingerprint density at radius 1 is 0.917 bits per heavy atom. The maximum absolute atomic E-state index is 2.38. The molecule has 0 radical (unpaired) electrons. The van der Waals surface area contributed by atoms with E-state index in [1.165, 1.54) is 32.1 Å². The number of hydrogen-bond donors (Lipinski definition) is 0. The normalized spacial score (nSPS) is 15.6. The van der Waals surface area contributed by atoms with Crippen LogP contribution in [0.5, 0.6) is 0 Å². The molecule has 0 saturated heterocycles. The van der Waals surface area contributed by atoms with E-state index in [9.17, 15) is 0 Å². The molecule has 0 unspecified atom stereocenters. The molecule has 0 heterocycles. The van der Waals surface area contributed by atoms with Crippen LogP contribution < -0.4 is 0 Å². The van der Waals surface area contributed by atoms with Crippen molar-refractivity contribution in [2.45, 2.75) is 66.7 Å². The highest BCUT2D eigenvalue weighted by Gasteiger charge is 1.95. The predicted molar refractivity (Wildman–Crippen MR) is 59.5 cm³/mol. The van der Waals surface area contributed by atoms with Crippen LogP contribution in [0.4, 0.5) is 0 Å². The van der Waals surface area contributed by atoms with Gasteiger partial charge in [0, 0.05) is 0 Å². The zero-order valence-electron chi connectivity index (χ0n) is 9.61. The van der Waals surface area contributed by atoms with E-state index in [1.54, 1.807) is 5.57 Å². The summed E-state index contributed by atoms with van der Waals surface area (Å²) in [5.41, 5.74) is 1.60. The predicted octanol–water partition coefficient (Wildman–Crippen LogP) is 4.95. The number of hydrogen-bond acceptors (Lipinski definition) is 0. The van der Waals surface area contributed by atoms with Gasteiger partial charge < -0.3 is 0 Å². The minimum atomic E-state index is 1.33. The molecule has 1 rings (SSSR count). The number of allylic oxidation sites excluding steroid dienone is 2. The Morgan fingerprint density at radius 2 is 1.50 bits per heavy atom. The minimum absolute atomic E-state index is 1.33. The van der Waals surface area contributed by atoms with Crippen molar-refractivity contribution >= 4 is 0 Å². The van der Waals surface area contributed by atoms with E-state index < -0.39 is 0 Å². The lowest BCUT2D eigenvalue weighted by Gasteiger charge is -1.91. The Bertz CT molecular complexity index is 90.2. The first-order chi connectivity index (χ1) is 5.89. The second-order valence-electron chi connectivity index (χ2n) is 2.65. The summed E-state index contributed by atoms with van der Waals surface area (Å²) < 4.78 is 0. The maximum atomic E-state index is 2.38. The molecule has 0 N–H and O–H groups in total. The van der Waals surface area contributed by atoms with Gasteiger partial charge in [0.2, 0.25) is 0 Å². The highest BCUT2D eigenvalue weighted by atomic mass is 14.0. The smallest absolute Gasteiger partial charge is 0.0323 e. The molecule has 74 valence electrons. The molecule has 0 aromatic heterocycles. The Morgan fingerprint density at radius 3 is 2.08 bits per heavy atom. The first kappa shape index (κ1) is 14.3. The van der Waals surface area contributed by atoms with Crippen LogP contribution in [0.3, 0.4) is 0 Å². The third-order valence-corrected chi connectivity index (χ3v) is 1.77. The van der Waals surface area contributed by atoms with Crippen LogP contribution in [-0.4, -0.2) is 0 Å². The molecular formula is C12H26. The highest BCUT2D eigenvalue weighted by Crippen LogP contribution is 2.15. The van der Waals surface area contributed by atoms with Gasteiger partial charge in [0.15, 0.2) is 0 Å². The molecule has 0 spiro atoms. The Kier molecular flexibility index (Phi) is 15.9. The van der Waals surface area contributed by atoms with E-state index >= 15 is 0 Å². The molecule has 0 fully saturated rings. The summed E-state index contributed by atoms with van der Waals surface area (Å²) in [6, 6.07) is 0. The average Bonchev–Trinajstić information content (AvgIpc) is 2.40. The average molecular weight is 170 g/mol. The van der Waals surface area contributed by atoms with Crippen LogP contribution in [-0.2, 0) is 0 Å². The monoisotopic (exact) mass is 170 g/mol. The van der Waals surface area contributed by atoms with Gasteiger partial charge in [0.25, 0.3) is 0 Å². The minimum Gasteiger partial charge on any atom is -0.0856 e. The fourth-order valence-corrected chi connectivity index (χ4v) is 1.18. The van der Waals surface area contributed by atoms with Crippen molar-refractivity contribution in [3.8, 4) is 0 Å². The molecule has 1 aliphatic carbocycles. The first-order valence-electron chi connectivity index (χ1n) is 5.55. The number of rotatable bonds is 0. The standard InChI is InChI=1S/C8H14.2C2H6/c1-8-6-4-2-3-5-7-8;2*1-2/h6H,2-5,7H2,1H3;2*1-2H3. The van der Waals surface area contributed by atoms with Crippen molar-refractivity contribution < 1.29 is 0 Å². The van der Waals surface area contributed by atoms with Gasteiger partial charge in [0.05, 0.1) is 0 Å². The van der Waals surface area contributed by atoms with Gasteiger partial charge >= 0.3 is 0 Å². The van der Waals surface area contributed by atoms with E-state index in [0.29, 0.717) is 0 Å². The Balaban J connectivity index is 0. The second kappa shape index (κ2) is 13.3. The van der Waals surface area contributed by atoms with Crippen molar-refractivity contribution in [1.29, 1.82) is 0 Å². The summed E-state index contributed by atoms with van der Waals surface area (Å²) >= 11 is 0. The third-order valence-electron chi connectivity index (χ3n) is 1.77. The molecule has 12 heavy (non-hydrogen) atoms. The van der Waals surface area contributed by atoms with Gasteiger partial charge in [-0.15, -0.1) is 0 Å². The van der Waals surface area contributed by atoms with Crippen LogP contribution in [0, 0.1) is 0 Å². The van der Waals surface area contributed by atoms with E-state index in [1.807, 2.05) is 27.7 Å². The third kappa shape index (κ3) is 9.74. The first-order valence-corrected chi connectivity index (χ1v) is 5.55. The van der Waals surface area contributed by atoms with Crippen molar-refractivity contribution in [3.63, 3.8) is 0 Å². The van der Waals surface area contributed by atoms with Gasteiger partial charge in [-0.25, -0.2) is 0 Å². The molecule has 0 heteroatoms. The van der Waals surface area contributed by atoms with Gasteiger partial charge in [0.1, 0.15) is 0 Å². The van der Waals surface area contributed by atoms with Crippen LogP contribution in [0.15, 0.2) is 11.6 Å². The Labute approximate surface area is 79.1 Å². The van der Waals surface area contributed by atoms with E-state index in [0.717, 1.165) is 0 Å². The topological polar surface area (TPSA) is 0 Å². The molecule has 0 aromatic rings. The molecule has 0 atom stereocenters. The van der Waals surface area contributed by atoms with Crippen LogP contribution in [0.25, 0.3) is 0 Å². The summed E-state index contributed by atoms with van der Waals surface area (Å²) in [4.78, 5) is 0. The maximum Gasteiger partial charge on any atom is -0.0323 e. The van der Waals surface area contributed by atoms with Gasteiger partial charge in [-0.3, -0.25) is 0 Å².